The molecule has 0 radical (unpaired) electrons. The topological polar surface area (TPSA) is 27.6 Å². The number of rotatable bonds is 12. The van der Waals surface area contributed by atoms with Crippen molar-refractivity contribution in [3.05, 3.63) is 23.9 Å². The van der Waals surface area contributed by atoms with E-state index in [-0.39, 0.29) is 0 Å². The van der Waals surface area contributed by atoms with Gasteiger partial charge in [0, 0.05) is 31.9 Å². The number of allylic oxidation sites excluding steroid dienone is 2. The Hall–Kier alpha value is -0.930. The predicted molar refractivity (Wildman–Crippen MR) is 112 cm³/mol. The number of likely N-dealkylation sites (N-methyl/N-ethyl adjacent to an activating group) is 1. The highest BCUT2D eigenvalue weighted by molar-refractivity contribution is 5.26. The lowest BCUT2D eigenvalue weighted by molar-refractivity contribution is 0.175. The van der Waals surface area contributed by atoms with Gasteiger partial charge < -0.3 is 5.32 Å². The molecule has 1 unspecified atom stereocenters. The van der Waals surface area contributed by atoms with Crippen LogP contribution in [0.5, 0.6) is 0 Å². The molecule has 0 bridgehead atoms. The van der Waals surface area contributed by atoms with Crippen LogP contribution in [0.15, 0.2) is 28.9 Å². The van der Waals surface area contributed by atoms with Crippen molar-refractivity contribution < 1.29 is 0 Å². The summed E-state index contributed by atoms with van der Waals surface area (Å²) < 4.78 is 0. The third kappa shape index (κ3) is 7.07. The smallest absolute Gasteiger partial charge is 0.0260 e. The average molecular weight is 348 g/mol. The van der Waals surface area contributed by atoms with E-state index in [1.54, 1.807) is 6.20 Å². The second-order valence-corrected chi connectivity index (χ2v) is 7.91. The van der Waals surface area contributed by atoms with Gasteiger partial charge in [-0.25, -0.2) is 0 Å². The fourth-order valence-electron chi connectivity index (χ4n) is 4.18. The molecular weight excluding hydrogens is 306 g/mol. The van der Waals surface area contributed by atoms with E-state index in [0.29, 0.717) is 11.3 Å². The fourth-order valence-corrected chi connectivity index (χ4v) is 4.18. The van der Waals surface area contributed by atoms with Gasteiger partial charge in [-0.1, -0.05) is 52.2 Å². The summed E-state index contributed by atoms with van der Waals surface area (Å²) in [5, 5.41) is 3.34. The van der Waals surface area contributed by atoms with Crippen molar-refractivity contribution in [3.63, 3.8) is 0 Å². The monoisotopic (exact) mass is 347 g/mol. The van der Waals surface area contributed by atoms with Crippen molar-refractivity contribution >= 4 is 6.72 Å². The average Bonchev–Trinajstić information content (AvgIpc) is 3.05. The van der Waals surface area contributed by atoms with E-state index in [1.807, 2.05) is 6.08 Å². The van der Waals surface area contributed by atoms with Crippen LogP contribution in [-0.4, -0.2) is 44.3 Å². The first-order valence-electron chi connectivity index (χ1n) is 10.2. The number of hydrogen-bond acceptors (Lipinski definition) is 3. The Balaban J connectivity index is 2.74. The molecule has 0 amide bonds. The Kier molecular flexibility index (Phi) is 10.3. The van der Waals surface area contributed by atoms with E-state index in [0.717, 1.165) is 32.1 Å². The molecule has 1 aliphatic carbocycles. The predicted octanol–water partition coefficient (Wildman–Crippen LogP) is 5.05. The number of nitrogens with one attached hydrogen (secondary N) is 1. The van der Waals surface area contributed by atoms with Crippen LogP contribution in [0, 0.1) is 11.3 Å². The van der Waals surface area contributed by atoms with E-state index in [2.05, 4.69) is 62.7 Å². The largest absolute Gasteiger partial charge is 0.318 e. The van der Waals surface area contributed by atoms with Crippen molar-refractivity contribution in [2.75, 3.05) is 26.7 Å². The normalized spacial score (nSPS) is 20.9. The quantitative estimate of drug-likeness (QED) is 0.395. The first-order chi connectivity index (χ1) is 12.0. The molecule has 1 fully saturated rings. The lowest BCUT2D eigenvalue weighted by Gasteiger charge is -2.32. The minimum atomic E-state index is 0.578. The second kappa shape index (κ2) is 11.6. The van der Waals surface area contributed by atoms with Gasteiger partial charge in [0.1, 0.15) is 0 Å². The Morgan fingerprint density at radius 3 is 2.56 bits per heavy atom. The Bertz CT molecular complexity index is 433. The molecule has 3 nitrogen and oxygen atoms in total. The number of aliphatic imine (C=N–C) groups is 1. The summed E-state index contributed by atoms with van der Waals surface area (Å²) in [6.45, 7) is 16.2. The Morgan fingerprint density at radius 1 is 1.32 bits per heavy atom. The highest BCUT2D eigenvalue weighted by atomic mass is 15.2. The fraction of sp³-hybridized carbons (Fsp3) is 0.773. The van der Waals surface area contributed by atoms with Gasteiger partial charge in [0.05, 0.1) is 0 Å². The molecule has 0 saturated heterocycles. The van der Waals surface area contributed by atoms with E-state index >= 15 is 0 Å². The molecule has 0 aliphatic heterocycles. The highest BCUT2D eigenvalue weighted by Gasteiger charge is 2.38. The van der Waals surface area contributed by atoms with Crippen LogP contribution in [0.3, 0.4) is 0 Å². The number of hydrogen-bond donors (Lipinski definition) is 1. The third-order valence-electron chi connectivity index (χ3n) is 6.27. The summed E-state index contributed by atoms with van der Waals surface area (Å²) >= 11 is 0. The minimum Gasteiger partial charge on any atom is -0.318 e. The standard InChI is InChI=1S/C22H41N3/c1-7-22(8-2)13-11-21(18-22)25(17-15-24-6)16-12-20(19(3)4)10-9-14-23-5/h9-10,14,19,21,24H,5,7-8,11-13,15-18H2,1-4,6H3/b14-9-,20-10+. The van der Waals surface area contributed by atoms with E-state index < -0.39 is 0 Å². The molecule has 0 aromatic carbocycles. The summed E-state index contributed by atoms with van der Waals surface area (Å²) in [6.07, 6.45) is 14.0. The SMILES string of the molecule is C=N/C=C\C=C(/CCN(CCNC)C1CCC(CC)(CC)C1)C(C)C. The number of nitrogens with zero attached hydrogens (tertiary/aromatic N) is 2. The van der Waals surface area contributed by atoms with E-state index in [9.17, 15) is 0 Å². The van der Waals surface area contributed by atoms with Gasteiger partial charge >= 0.3 is 0 Å². The molecule has 0 aromatic heterocycles. The summed E-state index contributed by atoms with van der Waals surface area (Å²) in [5.74, 6) is 0.578. The molecule has 1 aliphatic rings. The van der Waals surface area contributed by atoms with Crippen LogP contribution in [-0.2, 0) is 0 Å². The third-order valence-corrected chi connectivity index (χ3v) is 6.27. The van der Waals surface area contributed by atoms with Gasteiger partial charge in [-0.05, 0) is 56.9 Å². The first-order valence-corrected chi connectivity index (χ1v) is 10.2. The zero-order valence-corrected chi connectivity index (χ0v) is 17.4. The molecule has 1 rings (SSSR count). The molecule has 1 N–H and O–H groups in total. The Morgan fingerprint density at radius 2 is 2.04 bits per heavy atom. The highest BCUT2D eigenvalue weighted by Crippen LogP contribution is 2.45. The molecule has 25 heavy (non-hydrogen) atoms. The van der Waals surface area contributed by atoms with Crippen LogP contribution in [0.4, 0.5) is 0 Å². The van der Waals surface area contributed by atoms with Gasteiger partial charge in [-0.3, -0.25) is 9.89 Å². The van der Waals surface area contributed by atoms with Crippen molar-refractivity contribution in [3.8, 4) is 0 Å². The molecule has 1 atom stereocenters. The molecular formula is C22H41N3. The van der Waals surface area contributed by atoms with Gasteiger partial charge in [-0.2, -0.15) is 0 Å². The summed E-state index contributed by atoms with van der Waals surface area (Å²) in [7, 11) is 2.06. The van der Waals surface area contributed by atoms with Gasteiger partial charge in [-0.15, -0.1) is 0 Å². The van der Waals surface area contributed by atoms with Crippen LogP contribution >= 0.6 is 0 Å². The van der Waals surface area contributed by atoms with E-state index in [1.165, 1.54) is 37.7 Å². The summed E-state index contributed by atoms with van der Waals surface area (Å²) in [6, 6.07) is 0.757. The molecule has 1 saturated carbocycles. The van der Waals surface area contributed by atoms with Crippen LogP contribution in [0.1, 0.15) is 66.2 Å². The maximum absolute atomic E-state index is 3.81. The van der Waals surface area contributed by atoms with Gasteiger partial charge in [0.25, 0.3) is 0 Å². The maximum Gasteiger partial charge on any atom is 0.0260 e. The lowest BCUT2D eigenvalue weighted by Crippen LogP contribution is -2.39. The van der Waals surface area contributed by atoms with E-state index in [4.69, 9.17) is 0 Å². The molecule has 3 heteroatoms. The van der Waals surface area contributed by atoms with Crippen molar-refractivity contribution in [2.24, 2.45) is 16.3 Å². The first kappa shape index (κ1) is 22.1. The van der Waals surface area contributed by atoms with Crippen molar-refractivity contribution in [2.45, 2.75) is 72.3 Å². The lowest BCUT2D eigenvalue weighted by atomic mass is 9.80. The molecule has 0 aromatic rings. The molecule has 144 valence electrons. The summed E-state index contributed by atoms with van der Waals surface area (Å²) in [5.41, 5.74) is 2.10. The minimum absolute atomic E-state index is 0.578. The van der Waals surface area contributed by atoms with Gasteiger partial charge in [0.15, 0.2) is 0 Å². The Labute approximate surface area is 156 Å². The van der Waals surface area contributed by atoms with Crippen LogP contribution in [0.25, 0.3) is 0 Å². The van der Waals surface area contributed by atoms with Crippen molar-refractivity contribution in [1.29, 1.82) is 0 Å². The van der Waals surface area contributed by atoms with Crippen LogP contribution in [0.2, 0.25) is 0 Å². The second-order valence-electron chi connectivity index (χ2n) is 7.91. The van der Waals surface area contributed by atoms with Gasteiger partial charge in [0.2, 0.25) is 0 Å². The molecule has 0 heterocycles. The van der Waals surface area contributed by atoms with Crippen molar-refractivity contribution in [1.82, 2.24) is 10.2 Å². The van der Waals surface area contributed by atoms with Crippen LogP contribution < -0.4 is 5.32 Å². The maximum atomic E-state index is 3.81. The molecule has 0 spiro atoms. The zero-order chi connectivity index (χ0) is 18.7. The zero-order valence-electron chi connectivity index (χ0n) is 17.4. The summed E-state index contributed by atoms with van der Waals surface area (Å²) in [4.78, 5) is 6.55.